The second-order valence-electron chi connectivity index (χ2n) is 7.27. The van der Waals surface area contributed by atoms with Crippen LogP contribution in [0.4, 0.5) is 11.4 Å². The van der Waals surface area contributed by atoms with Crippen LogP contribution < -0.4 is 16.0 Å². The molecular weight excluding hydrogens is 374 g/mol. The van der Waals surface area contributed by atoms with Crippen molar-refractivity contribution in [1.82, 2.24) is 5.32 Å². The van der Waals surface area contributed by atoms with E-state index in [-0.39, 0.29) is 18.4 Å². The summed E-state index contributed by atoms with van der Waals surface area (Å²) in [5.41, 5.74) is 5.71. The number of carbonyl (C=O) groups excluding carboxylic acids is 2. The minimum Gasteiger partial charge on any atom is -0.376 e. The molecule has 2 amide bonds. The van der Waals surface area contributed by atoms with E-state index in [1.807, 2.05) is 55.5 Å². The Bertz CT molecular complexity index is 999. The van der Waals surface area contributed by atoms with Crippen molar-refractivity contribution in [3.05, 3.63) is 95.1 Å². The third-order valence-electron chi connectivity index (χ3n) is 4.93. The monoisotopic (exact) mass is 401 g/mol. The highest BCUT2D eigenvalue weighted by Crippen LogP contribution is 2.14. The van der Waals surface area contributed by atoms with Gasteiger partial charge in [0, 0.05) is 23.5 Å². The Balaban J connectivity index is 1.44. The number of carbonyl (C=O) groups is 2. The summed E-state index contributed by atoms with van der Waals surface area (Å²) in [5.74, 6) is -0.270. The third kappa shape index (κ3) is 6.21. The molecule has 3 rings (SSSR count). The maximum atomic E-state index is 12.3. The van der Waals surface area contributed by atoms with Crippen LogP contribution in [-0.2, 0) is 11.2 Å². The first-order chi connectivity index (χ1) is 14.5. The fourth-order valence-corrected chi connectivity index (χ4v) is 3.01. The fraction of sp³-hybridized carbons (Fsp3) is 0.200. The highest BCUT2D eigenvalue weighted by Gasteiger charge is 2.07. The van der Waals surface area contributed by atoms with E-state index < -0.39 is 0 Å². The largest absolute Gasteiger partial charge is 0.376 e. The van der Waals surface area contributed by atoms with Gasteiger partial charge in [-0.25, -0.2) is 0 Å². The molecule has 154 valence electrons. The zero-order chi connectivity index (χ0) is 21.3. The summed E-state index contributed by atoms with van der Waals surface area (Å²) in [6, 6.07) is 22.9. The van der Waals surface area contributed by atoms with Crippen molar-refractivity contribution in [1.29, 1.82) is 0 Å². The van der Waals surface area contributed by atoms with Crippen LogP contribution in [0.3, 0.4) is 0 Å². The van der Waals surface area contributed by atoms with Gasteiger partial charge in [0.2, 0.25) is 5.91 Å². The van der Waals surface area contributed by atoms with Gasteiger partial charge in [0.15, 0.2) is 0 Å². The average Bonchev–Trinajstić information content (AvgIpc) is 2.76. The highest BCUT2D eigenvalue weighted by atomic mass is 16.2. The minimum atomic E-state index is -0.145. The highest BCUT2D eigenvalue weighted by molar-refractivity contribution is 5.96. The smallest absolute Gasteiger partial charge is 0.251 e. The molecule has 0 aliphatic carbocycles. The van der Waals surface area contributed by atoms with Gasteiger partial charge in [0.1, 0.15) is 0 Å². The summed E-state index contributed by atoms with van der Waals surface area (Å²) in [6.07, 6.45) is 0.786. The van der Waals surface area contributed by atoms with Gasteiger partial charge in [0.25, 0.3) is 5.91 Å². The Morgan fingerprint density at radius 3 is 2.20 bits per heavy atom. The molecule has 5 nitrogen and oxygen atoms in total. The molecular formula is C25H27N3O2. The maximum absolute atomic E-state index is 12.3. The lowest BCUT2D eigenvalue weighted by atomic mass is 10.1. The first-order valence-corrected chi connectivity index (χ1v) is 10.0. The Kier molecular flexibility index (Phi) is 7.22. The maximum Gasteiger partial charge on any atom is 0.251 e. The van der Waals surface area contributed by atoms with Gasteiger partial charge in [-0.3, -0.25) is 9.59 Å². The van der Waals surface area contributed by atoms with Crippen LogP contribution in [0.1, 0.15) is 27.0 Å². The van der Waals surface area contributed by atoms with Gasteiger partial charge < -0.3 is 16.0 Å². The first kappa shape index (κ1) is 21.1. The number of nitrogens with one attached hydrogen (secondary N) is 3. The Hall–Kier alpha value is -3.60. The number of anilines is 2. The SMILES string of the molecule is Cc1ccc(NCC(=O)Nc2ccc(C(=O)NCCc3ccccc3)cc2)cc1C. The van der Waals surface area contributed by atoms with Crippen LogP contribution in [0.15, 0.2) is 72.8 Å². The topological polar surface area (TPSA) is 70.2 Å². The van der Waals surface area contributed by atoms with Gasteiger partial charge in [0.05, 0.1) is 6.54 Å². The molecule has 0 aliphatic heterocycles. The predicted molar refractivity (Wildman–Crippen MR) is 122 cm³/mol. The summed E-state index contributed by atoms with van der Waals surface area (Å²) in [4.78, 5) is 24.5. The van der Waals surface area contributed by atoms with Crippen molar-refractivity contribution in [2.75, 3.05) is 23.7 Å². The number of hydrogen-bond donors (Lipinski definition) is 3. The van der Waals surface area contributed by atoms with E-state index in [0.29, 0.717) is 17.8 Å². The van der Waals surface area contributed by atoms with E-state index in [1.165, 1.54) is 16.7 Å². The lowest BCUT2D eigenvalue weighted by Gasteiger charge is -2.10. The molecule has 3 aromatic carbocycles. The molecule has 0 atom stereocenters. The molecule has 0 aliphatic rings. The number of benzene rings is 3. The molecule has 0 heterocycles. The molecule has 0 spiro atoms. The molecule has 0 saturated carbocycles. The molecule has 0 bridgehead atoms. The van der Waals surface area contributed by atoms with Gasteiger partial charge in [-0.1, -0.05) is 36.4 Å². The molecule has 5 heteroatoms. The van der Waals surface area contributed by atoms with Crippen molar-refractivity contribution >= 4 is 23.2 Å². The quantitative estimate of drug-likeness (QED) is 0.526. The molecule has 0 aromatic heterocycles. The molecule has 3 aromatic rings. The van der Waals surface area contributed by atoms with Gasteiger partial charge >= 0.3 is 0 Å². The molecule has 0 radical (unpaired) electrons. The van der Waals surface area contributed by atoms with E-state index in [4.69, 9.17) is 0 Å². The van der Waals surface area contributed by atoms with Crippen LogP contribution in [0.25, 0.3) is 0 Å². The number of amides is 2. The lowest BCUT2D eigenvalue weighted by Crippen LogP contribution is -2.25. The van der Waals surface area contributed by atoms with E-state index >= 15 is 0 Å². The summed E-state index contributed by atoms with van der Waals surface area (Å²) < 4.78 is 0. The number of aryl methyl sites for hydroxylation is 2. The van der Waals surface area contributed by atoms with E-state index in [2.05, 4.69) is 22.9 Å². The summed E-state index contributed by atoms with van der Waals surface area (Å²) in [5, 5.41) is 8.88. The second kappa shape index (κ2) is 10.3. The Morgan fingerprint density at radius 1 is 0.800 bits per heavy atom. The molecule has 0 saturated heterocycles. The van der Waals surface area contributed by atoms with E-state index in [0.717, 1.165) is 12.1 Å². The fourth-order valence-electron chi connectivity index (χ4n) is 3.01. The zero-order valence-corrected chi connectivity index (χ0v) is 17.4. The zero-order valence-electron chi connectivity index (χ0n) is 17.4. The number of rotatable bonds is 8. The van der Waals surface area contributed by atoms with E-state index in [1.54, 1.807) is 24.3 Å². The number of hydrogen-bond acceptors (Lipinski definition) is 3. The predicted octanol–water partition coefficient (Wildman–Crippen LogP) is 4.33. The standard InChI is InChI=1S/C25H27N3O2/c1-18-8-11-23(16-19(18)2)27-17-24(29)28-22-12-9-21(10-13-22)25(30)26-15-14-20-6-4-3-5-7-20/h3-13,16,27H,14-15,17H2,1-2H3,(H,26,30)(H,28,29). The minimum absolute atomic E-state index is 0.125. The molecule has 0 fully saturated rings. The van der Waals surface area contributed by atoms with Gasteiger partial charge in [-0.05, 0) is 73.4 Å². The van der Waals surface area contributed by atoms with Crippen molar-refractivity contribution in [3.8, 4) is 0 Å². The summed E-state index contributed by atoms with van der Waals surface area (Å²) in [6.45, 7) is 4.84. The van der Waals surface area contributed by atoms with Crippen LogP contribution in [-0.4, -0.2) is 24.9 Å². The molecule has 0 unspecified atom stereocenters. The summed E-state index contributed by atoms with van der Waals surface area (Å²) in [7, 11) is 0. The van der Waals surface area contributed by atoms with Crippen LogP contribution in [0.5, 0.6) is 0 Å². The van der Waals surface area contributed by atoms with E-state index in [9.17, 15) is 9.59 Å². The van der Waals surface area contributed by atoms with Crippen molar-refractivity contribution in [3.63, 3.8) is 0 Å². The third-order valence-corrected chi connectivity index (χ3v) is 4.93. The van der Waals surface area contributed by atoms with Gasteiger partial charge in [-0.15, -0.1) is 0 Å². The normalized spacial score (nSPS) is 10.3. The molecule has 3 N–H and O–H groups in total. The average molecular weight is 402 g/mol. The first-order valence-electron chi connectivity index (χ1n) is 10.0. The van der Waals surface area contributed by atoms with Crippen LogP contribution >= 0.6 is 0 Å². The Labute approximate surface area is 177 Å². The molecule has 30 heavy (non-hydrogen) atoms. The van der Waals surface area contributed by atoms with Gasteiger partial charge in [-0.2, -0.15) is 0 Å². The lowest BCUT2D eigenvalue weighted by molar-refractivity contribution is -0.114. The van der Waals surface area contributed by atoms with Crippen LogP contribution in [0.2, 0.25) is 0 Å². The second-order valence-corrected chi connectivity index (χ2v) is 7.27. The van der Waals surface area contributed by atoms with Crippen molar-refractivity contribution in [2.24, 2.45) is 0 Å². The summed E-state index contributed by atoms with van der Waals surface area (Å²) >= 11 is 0. The Morgan fingerprint density at radius 2 is 1.50 bits per heavy atom. The van der Waals surface area contributed by atoms with Crippen molar-refractivity contribution < 1.29 is 9.59 Å². The van der Waals surface area contributed by atoms with Crippen LogP contribution in [0, 0.1) is 13.8 Å². The van der Waals surface area contributed by atoms with Crippen molar-refractivity contribution in [2.45, 2.75) is 20.3 Å².